The Morgan fingerprint density at radius 3 is 3.00 bits per heavy atom. The van der Waals surface area contributed by atoms with Crippen LogP contribution in [0.25, 0.3) is 15.5 Å². The van der Waals surface area contributed by atoms with Crippen molar-refractivity contribution < 1.29 is 5.11 Å². The lowest BCUT2D eigenvalue weighted by Crippen LogP contribution is -1.94. The van der Waals surface area contributed by atoms with Crippen LogP contribution >= 0.6 is 11.3 Å². The van der Waals surface area contributed by atoms with Crippen LogP contribution in [0.15, 0.2) is 18.2 Å². The maximum Gasteiger partial charge on any atom is 0.234 e. The number of para-hydroxylation sites is 1. The third kappa shape index (κ3) is 1.52. The summed E-state index contributed by atoms with van der Waals surface area (Å²) in [5.74, 6) is 0.858. The Labute approximate surface area is 107 Å². The first-order valence-electron chi connectivity index (χ1n) is 5.49. The Balaban J connectivity index is 2.19. The van der Waals surface area contributed by atoms with Gasteiger partial charge in [0.05, 0.1) is 11.3 Å². The zero-order valence-electron chi connectivity index (χ0n) is 9.66. The third-order valence-electron chi connectivity index (χ3n) is 2.67. The van der Waals surface area contributed by atoms with Crippen LogP contribution in [0, 0.1) is 0 Å². The average molecular weight is 261 g/mol. The Bertz CT molecular complexity index is 717. The van der Waals surface area contributed by atoms with E-state index in [0.29, 0.717) is 21.2 Å². The maximum absolute atomic E-state index is 9.94. The molecule has 0 amide bonds. The van der Waals surface area contributed by atoms with Gasteiger partial charge in [-0.2, -0.15) is 9.61 Å². The first-order valence-corrected chi connectivity index (χ1v) is 6.31. The summed E-state index contributed by atoms with van der Waals surface area (Å²) in [5.41, 5.74) is 6.64. The monoisotopic (exact) mass is 261 g/mol. The van der Waals surface area contributed by atoms with Gasteiger partial charge in [-0.3, -0.25) is 0 Å². The van der Waals surface area contributed by atoms with Crippen molar-refractivity contribution in [2.75, 3.05) is 5.73 Å². The lowest BCUT2D eigenvalue weighted by molar-refractivity contribution is 0.480. The van der Waals surface area contributed by atoms with Crippen molar-refractivity contribution in [3.05, 3.63) is 24.0 Å². The molecule has 0 aliphatic carbocycles. The van der Waals surface area contributed by atoms with E-state index in [4.69, 9.17) is 5.73 Å². The van der Waals surface area contributed by atoms with Gasteiger partial charge in [0.25, 0.3) is 0 Å². The van der Waals surface area contributed by atoms with Crippen molar-refractivity contribution >= 4 is 22.0 Å². The van der Waals surface area contributed by atoms with Crippen LogP contribution in [-0.2, 0) is 6.42 Å². The maximum atomic E-state index is 9.94. The summed E-state index contributed by atoms with van der Waals surface area (Å²) in [7, 11) is 0. The second-order valence-corrected chi connectivity index (χ2v) is 4.77. The van der Waals surface area contributed by atoms with E-state index in [1.165, 1.54) is 11.3 Å². The number of anilines is 1. The highest BCUT2D eigenvalue weighted by molar-refractivity contribution is 7.19. The van der Waals surface area contributed by atoms with Crippen LogP contribution in [0.1, 0.15) is 12.7 Å². The number of hydrogen-bond acceptors (Lipinski definition) is 6. The summed E-state index contributed by atoms with van der Waals surface area (Å²) in [6.07, 6.45) is 0.757. The summed E-state index contributed by atoms with van der Waals surface area (Å²) >= 11 is 1.37. The third-order valence-corrected chi connectivity index (χ3v) is 3.60. The van der Waals surface area contributed by atoms with Crippen LogP contribution in [0.3, 0.4) is 0 Å². The molecule has 0 saturated heterocycles. The van der Waals surface area contributed by atoms with Gasteiger partial charge in [-0.1, -0.05) is 24.3 Å². The molecule has 6 nitrogen and oxygen atoms in total. The van der Waals surface area contributed by atoms with Crippen LogP contribution in [-0.4, -0.2) is 24.9 Å². The summed E-state index contributed by atoms with van der Waals surface area (Å²) in [6.45, 7) is 1.99. The molecule has 0 radical (unpaired) electrons. The van der Waals surface area contributed by atoms with Crippen molar-refractivity contribution in [3.8, 4) is 16.3 Å². The van der Waals surface area contributed by atoms with E-state index in [9.17, 15) is 5.11 Å². The molecule has 18 heavy (non-hydrogen) atoms. The Kier molecular flexibility index (Phi) is 2.41. The van der Waals surface area contributed by atoms with Gasteiger partial charge in [0.15, 0.2) is 10.8 Å². The lowest BCUT2D eigenvalue weighted by Gasteiger charge is -2.02. The highest BCUT2D eigenvalue weighted by atomic mass is 32.1. The van der Waals surface area contributed by atoms with E-state index >= 15 is 0 Å². The normalized spacial score (nSPS) is 11.2. The van der Waals surface area contributed by atoms with Gasteiger partial charge in [0.1, 0.15) is 5.75 Å². The second kappa shape index (κ2) is 3.95. The molecule has 3 rings (SSSR count). The van der Waals surface area contributed by atoms with Crippen LogP contribution in [0.4, 0.5) is 5.69 Å². The molecule has 0 aliphatic heterocycles. The van der Waals surface area contributed by atoms with Gasteiger partial charge in [0.2, 0.25) is 4.96 Å². The van der Waals surface area contributed by atoms with Gasteiger partial charge < -0.3 is 10.8 Å². The minimum Gasteiger partial charge on any atom is -0.505 e. The molecule has 92 valence electrons. The number of nitrogens with zero attached hydrogens (tertiary/aromatic N) is 4. The summed E-state index contributed by atoms with van der Waals surface area (Å²) in [6, 6.07) is 5.22. The van der Waals surface area contributed by atoms with Crippen molar-refractivity contribution in [3.63, 3.8) is 0 Å². The molecule has 0 aliphatic rings. The van der Waals surface area contributed by atoms with E-state index in [2.05, 4.69) is 15.3 Å². The molecule has 7 heteroatoms. The number of nitrogen functional groups attached to an aromatic ring is 1. The SMILES string of the molecule is CCc1nnc2sc(-c3cccc(N)c3O)nn12. The average Bonchev–Trinajstić information content (AvgIpc) is 2.92. The Morgan fingerprint density at radius 1 is 1.39 bits per heavy atom. The molecular formula is C11H11N5OS. The minimum absolute atomic E-state index is 0.0560. The number of aromatic hydroxyl groups is 1. The number of aryl methyl sites for hydroxylation is 1. The van der Waals surface area contributed by atoms with Crippen molar-refractivity contribution in [1.82, 2.24) is 19.8 Å². The van der Waals surface area contributed by atoms with Gasteiger partial charge in [0, 0.05) is 6.42 Å². The van der Waals surface area contributed by atoms with E-state index in [1.54, 1.807) is 22.7 Å². The number of aromatic nitrogens is 4. The van der Waals surface area contributed by atoms with Crippen molar-refractivity contribution in [2.24, 2.45) is 0 Å². The molecular weight excluding hydrogens is 250 g/mol. The van der Waals surface area contributed by atoms with Gasteiger partial charge in [-0.05, 0) is 12.1 Å². The quantitative estimate of drug-likeness (QED) is 0.541. The van der Waals surface area contributed by atoms with E-state index < -0.39 is 0 Å². The summed E-state index contributed by atoms with van der Waals surface area (Å²) in [5, 5.41) is 23.1. The molecule has 0 fully saturated rings. The fourth-order valence-electron chi connectivity index (χ4n) is 1.72. The molecule has 0 atom stereocenters. The predicted octanol–water partition coefficient (Wildman–Crippen LogP) is 1.70. The number of nitrogens with two attached hydrogens (primary N) is 1. The summed E-state index contributed by atoms with van der Waals surface area (Å²) in [4.78, 5) is 0.712. The first kappa shape index (κ1) is 11.0. The smallest absolute Gasteiger partial charge is 0.234 e. The lowest BCUT2D eigenvalue weighted by atomic mass is 10.2. The Morgan fingerprint density at radius 2 is 2.22 bits per heavy atom. The zero-order chi connectivity index (χ0) is 12.7. The molecule has 1 aromatic carbocycles. The molecule has 3 N–H and O–H groups in total. The first-order chi connectivity index (χ1) is 8.70. The largest absolute Gasteiger partial charge is 0.505 e. The fourth-order valence-corrected chi connectivity index (χ4v) is 2.61. The van der Waals surface area contributed by atoms with Gasteiger partial charge in [-0.15, -0.1) is 10.2 Å². The van der Waals surface area contributed by atoms with Crippen molar-refractivity contribution in [1.29, 1.82) is 0 Å². The van der Waals surface area contributed by atoms with Crippen LogP contribution in [0.2, 0.25) is 0 Å². The fraction of sp³-hybridized carbons (Fsp3) is 0.182. The van der Waals surface area contributed by atoms with E-state index in [-0.39, 0.29) is 5.75 Å². The van der Waals surface area contributed by atoms with E-state index in [0.717, 1.165) is 12.2 Å². The van der Waals surface area contributed by atoms with Gasteiger partial charge in [-0.25, -0.2) is 0 Å². The Hall–Kier alpha value is -2.15. The standard InChI is InChI=1S/C11H11N5OS/c1-2-8-13-14-11-16(8)15-10(18-11)6-4-3-5-7(12)9(6)17/h3-5,17H,2,12H2,1H3. The number of rotatable bonds is 2. The topological polar surface area (TPSA) is 89.3 Å². The van der Waals surface area contributed by atoms with E-state index in [1.807, 2.05) is 6.92 Å². The number of fused-ring (bicyclic) bond motifs is 1. The highest BCUT2D eigenvalue weighted by Gasteiger charge is 2.15. The second-order valence-electron chi connectivity index (χ2n) is 3.81. The minimum atomic E-state index is 0.0560. The summed E-state index contributed by atoms with van der Waals surface area (Å²) < 4.78 is 1.70. The highest BCUT2D eigenvalue weighted by Crippen LogP contribution is 2.35. The molecule has 0 saturated carbocycles. The number of phenolic OH excluding ortho intramolecular Hbond substituents is 1. The van der Waals surface area contributed by atoms with Crippen LogP contribution < -0.4 is 5.73 Å². The predicted molar refractivity (Wildman–Crippen MR) is 69.6 cm³/mol. The number of benzene rings is 1. The molecule has 3 aromatic rings. The molecule has 2 heterocycles. The number of phenols is 1. The van der Waals surface area contributed by atoms with Crippen molar-refractivity contribution in [2.45, 2.75) is 13.3 Å². The van der Waals surface area contributed by atoms with Crippen LogP contribution in [0.5, 0.6) is 5.75 Å². The zero-order valence-corrected chi connectivity index (χ0v) is 10.5. The van der Waals surface area contributed by atoms with Gasteiger partial charge >= 0.3 is 0 Å². The molecule has 0 bridgehead atoms. The number of hydrogen-bond donors (Lipinski definition) is 2. The molecule has 0 spiro atoms. The molecule has 2 aromatic heterocycles. The molecule has 0 unspecified atom stereocenters.